The maximum absolute atomic E-state index is 6.05. The van der Waals surface area contributed by atoms with Gasteiger partial charge in [0.2, 0.25) is 0 Å². The van der Waals surface area contributed by atoms with Gasteiger partial charge in [0, 0.05) is 9.92 Å². The summed E-state index contributed by atoms with van der Waals surface area (Å²) in [5.74, 6) is 0. The highest BCUT2D eigenvalue weighted by Gasteiger charge is 2.02. The molecule has 0 saturated heterocycles. The maximum atomic E-state index is 6.05. The van der Waals surface area contributed by atoms with E-state index in [1.54, 1.807) is 0 Å². The minimum absolute atomic E-state index is 0.868. The molecule has 1 rings (SSSR count). The Labute approximate surface area is 84.3 Å². The molecule has 0 heterocycles. The van der Waals surface area contributed by atoms with Gasteiger partial charge in [0.15, 0.2) is 0 Å². The van der Waals surface area contributed by atoms with Gasteiger partial charge in [-0.3, -0.25) is 0 Å². The molecule has 0 spiro atoms. The summed E-state index contributed by atoms with van der Waals surface area (Å²) in [6, 6.07) is 4.08. The fraction of sp³-hybridized carbons (Fsp3) is 0.400. The molecular formula is C10H13ClS. The summed E-state index contributed by atoms with van der Waals surface area (Å²) in [6.45, 7) is 4.21. The van der Waals surface area contributed by atoms with E-state index in [4.69, 9.17) is 11.6 Å². The Kier molecular flexibility index (Phi) is 3.48. The first kappa shape index (κ1) is 9.94. The fourth-order valence-electron chi connectivity index (χ4n) is 1.20. The number of rotatable bonds is 2. The van der Waals surface area contributed by atoms with Gasteiger partial charge in [0.1, 0.15) is 0 Å². The molecule has 12 heavy (non-hydrogen) atoms. The zero-order chi connectivity index (χ0) is 9.14. The van der Waals surface area contributed by atoms with Crippen LogP contribution in [0.2, 0.25) is 5.02 Å². The first-order valence-corrected chi connectivity index (χ1v) is 5.01. The van der Waals surface area contributed by atoms with Crippen LogP contribution in [-0.4, -0.2) is 0 Å². The lowest BCUT2D eigenvalue weighted by Crippen LogP contribution is -1.88. The highest BCUT2D eigenvalue weighted by Crippen LogP contribution is 2.24. The Morgan fingerprint density at radius 1 is 1.17 bits per heavy atom. The molecule has 66 valence electrons. The summed E-state index contributed by atoms with van der Waals surface area (Å²) in [6.07, 6.45) is 1.96. The van der Waals surface area contributed by atoms with Crippen molar-refractivity contribution in [1.29, 1.82) is 0 Å². The van der Waals surface area contributed by atoms with Crippen molar-refractivity contribution in [3.8, 4) is 0 Å². The molecule has 1 aromatic rings. The van der Waals surface area contributed by atoms with E-state index >= 15 is 0 Å². The molecule has 2 heteroatoms. The van der Waals surface area contributed by atoms with Gasteiger partial charge in [-0.15, -0.1) is 12.6 Å². The van der Waals surface area contributed by atoms with Crippen LogP contribution in [-0.2, 0) is 12.8 Å². The topological polar surface area (TPSA) is 0 Å². The molecule has 0 atom stereocenters. The number of thiol groups is 1. The smallest absolute Gasteiger partial charge is 0.0441 e. The number of halogens is 1. The second-order valence-electron chi connectivity index (χ2n) is 2.78. The second kappa shape index (κ2) is 4.20. The van der Waals surface area contributed by atoms with Gasteiger partial charge in [-0.25, -0.2) is 0 Å². The molecule has 0 N–H and O–H groups in total. The first-order chi connectivity index (χ1) is 5.69. The van der Waals surface area contributed by atoms with E-state index in [-0.39, 0.29) is 0 Å². The summed E-state index contributed by atoms with van der Waals surface area (Å²) < 4.78 is 0. The lowest BCUT2D eigenvalue weighted by molar-refractivity contribution is 1.05. The van der Waals surface area contributed by atoms with Crippen LogP contribution >= 0.6 is 24.2 Å². The largest absolute Gasteiger partial charge is 0.143 e. The van der Waals surface area contributed by atoms with E-state index in [1.165, 1.54) is 11.1 Å². The SMILES string of the molecule is CCc1cc(Cl)c(CC)cc1S. The van der Waals surface area contributed by atoms with E-state index in [2.05, 4.69) is 32.5 Å². The van der Waals surface area contributed by atoms with Crippen molar-refractivity contribution < 1.29 is 0 Å². The highest BCUT2D eigenvalue weighted by molar-refractivity contribution is 7.80. The zero-order valence-corrected chi connectivity index (χ0v) is 9.04. The number of benzene rings is 1. The quantitative estimate of drug-likeness (QED) is 0.691. The fourth-order valence-corrected chi connectivity index (χ4v) is 1.90. The van der Waals surface area contributed by atoms with Crippen molar-refractivity contribution in [2.45, 2.75) is 31.6 Å². The molecule has 0 aliphatic heterocycles. The molecule has 1 aromatic carbocycles. The molecule has 0 unspecified atom stereocenters. The first-order valence-electron chi connectivity index (χ1n) is 4.19. The maximum Gasteiger partial charge on any atom is 0.0441 e. The van der Waals surface area contributed by atoms with Gasteiger partial charge in [0.25, 0.3) is 0 Å². The summed E-state index contributed by atoms with van der Waals surface area (Å²) in [5, 5.41) is 0.868. The Morgan fingerprint density at radius 3 is 2.25 bits per heavy atom. The Morgan fingerprint density at radius 2 is 1.75 bits per heavy atom. The molecule has 0 aromatic heterocycles. The minimum atomic E-state index is 0.868. The number of hydrogen-bond acceptors (Lipinski definition) is 1. The van der Waals surface area contributed by atoms with Crippen LogP contribution in [0, 0.1) is 0 Å². The second-order valence-corrected chi connectivity index (χ2v) is 3.67. The molecule has 0 fully saturated rings. The Hall–Kier alpha value is -0.140. The molecule has 0 aliphatic rings. The molecule has 0 saturated carbocycles. The zero-order valence-electron chi connectivity index (χ0n) is 7.39. The van der Waals surface area contributed by atoms with E-state index in [9.17, 15) is 0 Å². The van der Waals surface area contributed by atoms with Crippen LogP contribution in [0.15, 0.2) is 17.0 Å². The summed E-state index contributed by atoms with van der Waals surface area (Å²) in [7, 11) is 0. The number of hydrogen-bond donors (Lipinski definition) is 1. The molecule has 0 amide bonds. The lowest BCUT2D eigenvalue weighted by atomic mass is 10.1. The average Bonchev–Trinajstić information content (AvgIpc) is 2.08. The molecule has 0 bridgehead atoms. The minimum Gasteiger partial charge on any atom is -0.143 e. The van der Waals surface area contributed by atoms with Crippen molar-refractivity contribution in [3.05, 3.63) is 28.3 Å². The van der Waals surface area contributed by atoms with E-state index in [0.717, 1.165) is 22.8 Å². The van der Waals surface area contributed by atoms with Gasteiger partial charge in [-0.05, 0) is 36.1 Å². The lowest BCUT2D eigenvalue weighted by Gasteiger charge is -2.06. The average molecular weight is 201 g/mol. The third-order valence-electron chi connectivity index (χ3n) is 2.01. The van der Waals surface area contributed by atoms with Crippen molar-refractivity contribution in [2.75, 3.05) is 0 Å². The molecule has 0 aliphatic carbocycles. The summed E-state index contributed by atoms with van der Waals surface area (Å²) >= 11 is 10.4. The van der Waals surface area contributed by atoms with Crippen LogP contribution in [0.25, 0.3) is 0 Å². The van der Waals surface area contributed by atoms with Crippen molar-refractivity contribution in [2.24, 2.45) is 0 Å². The van der Waals surface area contributed by atoms with E-state index in [1.807, 2.05) is 6.07 Å². The molecule has 0 radical (unpaired) electrons. The Bertz CT molecular complexity index is 252. The van der Waals surface area contributed by atoms with Crippen LogP contribution in [0.1, 0.15) is 25.0 Å². The summed E-state index contributed by atoms with van der Waals surface area (Å²) in [5.41, 5.74) is 2.40. The summed E-state index contributed by atoms with van der Waals surface area (Å²) in [4.78, 5) is 1.05. The van der Waals surface area contributed by atoms with Gasteiger partial charge in [-0.2, -0.15) is 0 Å². The van der Waals surface area contributed by atoms with Gasteiger partial charge < -0.3 is 0 Å². The van der Waals surface area contributed by atoms with Crippen molar-refractivity contribution in [1.82, 2.24) is 0 Å². The van der Waals surface area contributed by atoms with Gasteiger partial charge in [-0.1, -0.05) is 25.4 Å². The third-order valence-corrected chi connectivity index (χ3v) is 2.78. The van der Waals surface area contributed by atoms with Crippen LogP contribution in [0.5, 0.6) is 0 Å². The van der Waals surface area contributed by atoms with Gasteiger partial charge in [0.05, 0.1) is 0 Å². The van der Waals surface area contributed by atoms with Crippen LogP contribution < -0.4 is 0 Å². The molecular weight excluding hydrogens is 188 g/mol. The third kappa shape index (κ3) is 1.96. The van der Waals surface area contributed by atoms with Gasteiger partial charge >= 0.3 is 0 Å². The normalized spacial score (nSPS) is 10.3. The highest BCUT2D eigenvalue weighted by atomic mass is 35.5. The van der Waals surface area contributed by atoms with Crippen LogP contribution in [0.4, 0.5) is 0 Å². The predicted octanol–water partition coefficient (Wildman–Crippen LogP) is 3.75. The van der Waals surface area contributed by atoms with Crippen molar-refractivity contribution >= 4 is 24.2 Å². The standard InChI is InChI=1S/C10H13ClS/c1-3-7-6-10(12)8(4-2)5-9(7)11/h5-6,12H,3-4H2,1-2H3. The van der Waals surface area contributed by atoms with E-state index in [0.29, 0.717) is 0 Å². The van der Waals surface area contributed by atoms with Crippen molar-refractivity contribution in [3.63, 3.8) is 0 Å². The Balaban J connectivity index is 3.16. The van der Waals surface area contributed by atoms with Crippen LogP contribution in [0.3, 0.4) is 0 Å². The monoisotopic (exact) mass is 200 g/mol. The molecule has 0 nitrogen and oxygen atoms in total. The number of aryl methyl sites for hydroxylation is 2. The predicted molar refractivity (Wildman–Crippen MR) is 57.5 cm³/mol. The van der Waals surface area contributed by atoms with E-state index < -0.39 is 0 Å².